The maximum absolute atomic E-state index is 12.3. The molecule has 0 aromatic heterocycles. The molecule has 25 heavy (non-hydrogen) atoms. The summed E-state index contributed by atoms with van der Waals surface area (Å²) in [6.07, 6.45) is 0.109. The van der Waals surface area contributed by atoms with E-state index in [1.165, 1.54) is 11.8 Å². The van der Waals surface area contributed by atoms with Crippen LogP contribution >= 0.6 is 11.8 Å². The van der Waals surface area contributed by atoms with Gasteiger partial charge in [-0.3, -0.25) is 9.59 Å². The zero-order valence-electron chi connectivity index (χ0n) is 14.1. The third-order valence-electron chi connectivity index (χ3n) is 3.79. The standard InChI is InChI=1S/C19H19N3O2S/c1-12-8-9-15(13(2)10-12)21-17(23)11-16-18(24)22-19(25-16)20-14-6-4-3-5-7-14/h3-10,16H,11H2,1-2H3,(H,21,23)(H,20,22,24)/t16-/m0/s1. The molecular weight excluding hydrogens is 334 g/mol. The lowest BCUT2D eigenvalue weighted by atomic mass is 10.1. The average Bonchev–Trinajstić information content (AvgIpc) is 2.90. The summed E-state index contributed by atoms with van der Waals surface area (Å²) >= 11 is 1.29. The van der Waals surface area contributed by atoms with Gasteiger partial charge >= 0.3 is 0 Å². The summed E-state index contributed by atoms with van der Waals surface area (Å²) in [7, 11) is 0. The fourth-order valence-corrected chi connectivity index (χ4v) is 3.52. The van der Waals surface area contributed by atoms with Crippen LogP contribution in [0.4, 0.5) is 11.4 Å². The van der Waals surface area contributed by atoms with Gasteiger partial charge in [0.15, 0.2) is 5.17 Å². The van der Waals surface area contributed by atoms with Crippen molar-refractivity contribution in [3.8, 4) is 0 Å². The quantitative estimate of drug-likeness (QED) is 0.883. The molecule has 0 spiro atoms. The van der Waals surface area contributed by atoms with Crippen LogP contribution in [-0.2, 0) is 9.59 Å². The largest absolute Gasteiger partial charge is 0.326 e. The molecule has 1 aliphatic rings. The first-order chi connectivity index (χ1) is 12.0. The highest BCUT2D eigenvalue weighted by Crippen LogP contribution is 2.26. The third-order valence-corrected chi connectivity index (χ3v) is 4.87. The number of hydrogen-bond donors (Lipinski definition) is 2. The lowest BCUT2D eigenvalue weighted by Gasteiger charge is -2.10. The molecule has 0 radical (unpaired) electrons. The number of amides is 2. The van der Waals surface area contributed by atoms with Gasteiger partial charge in [-0.25, -0.2) is 4.99 Å². The summed E-state index contributed by atoms with van der Waals surface area (Å²) in [5.74, 6) is -0.365. The molecule has 2 amide bonds. The van der Waals surface area contributed by atoms with Crippen LogP contribution in [0.5, 0.6) is 0 Å². The van der Waals surface area contributed by atoms with E-state index >= 15 is 0 Å². The Morgan fingerprint density at radius 3 is 2.68 bits per heavy atom. The van der Waals surface area contributed by atoms with E-state index < -0.39 is 5.25 Å². The fraction of sp³-hybridized carbons (Fsp3) is 0.211. The van der Waals surface area contributed by atoms with E-state index in [1.54, 1.807) is 0 Å². The van der Waals surface area contributed by atoms with Gasteiger partial charge in [0, 0.05) is 12.1 Å². The number of hydrogen-bond acceptors (Lipinski definition) is 4. The highest BCUT2D eigenvalue weighted by molar-refractivity contribution is 8.15. The van der Waals surface area contributed by atoms with Gasteiger partial charge in [-0.05, 0) is 37.6 Å². The topological polar surface area (TPSA) is 70.6 Å². The summed E-state index contributed by atoms with van der Waals surface area (Å²) in [5.41, 5.74) is 3.69. The average molecular weight is 353 g/mol. The maximum atomic E-state index is 12.3. The zero-order chi connectivity index (χ0) is 17.8. The molecule has 1 saturated heterocycles. The van der Waals surface area contributed by atoms with Gasteiger partial charge in [0.2, 0.25) is 11.8 Å². The molecule has 2 N–H and O–H groups in total. The van der Waals surface area contributed by atoms with Crippen molar-refractivity contribution in [2.45, 2.75) is 25.5 Å². The second-order valence-electron chi connectivity index (χ2n) is 5.92. The van der Waals surface area contributed by atoms with E-state index in [0.29, 0.717) is 5.17 Å². The normalized spacial score (nSPS) is 18.2. The molecule has 1 heterocycles. The Kier molecular flexibility index (Phi) is 5.19. The van der Waals surface area contributed by atoms with Crippen molar-refractivity contribution in [3.63, 3.8) is 0 Å². The number of carbonyl (C=O) groups excluding carboxylic acids is 2. The van der Waals surface area contributed by atoms with Crippen LogP contribution in [0.15, 0.2) is 53.5 Å². The van der Waals surface area contributed by atoms with E-state index in [4.69, 9.17) is 0 Å². The van der Waals surface area contributed by atoms with E-state index in [2.05, 4.69) is 15.6 Å². The molecular formula is C19H19N3O2S. The number of thioether (sulfide) groups is 1. The first kappa shape index (κ1) is 17.2. The number of carbonyl (C=O) groups is 2. The highest BCUT2D eigenvalue weighted by atomic mass is 32.2. The van der Waals surface area contributed by atoms with E-state index in [9.17, 15) is 9.59 Å². The Balaban J connectivity index is 1.62. The summed E-state index contributed by atoms with van der Waals surface area (Å²) in [4.78, 5) is 28.7. The number of aryl methyl sites for hydroxylation is 2. The van der Waals surface area contributed by atoms with Crippen LogP contribution in [0.1, 0.15) is 17.5 Å². The van der Waals surface area contributed by atoms with Gasteiger partial charge in [0.05, 0.1) is 5.69 Å². The molecule has 3 rings (SSSR count). The first-order valence-corrected chi connectivity index (χ1v) is 8.87. The lowest BCUT2D eigenvalue weighted by molar-refractivity contribution is -0.122. The van der Waals surface area contributed by atoms with Crippen molar-refractivity contribution >= 4 is 40.1 Å². The fourth-order valence-electron chi connectivity index (χ4n) is 2.54. The number of nitrogens with one attached hydrogen (secondary N) is 2. The number of rotatable bonds is 4. The van der Waals surface area contributed by atoms with Crippen LogP contribution in [0, 0.1) is 13.8 Å². The van der Waals surface area contributed by atoms with Crippen LogP contribution in [-0.4, -0.2) is 22.2 Å². The predicted octanol–water partition coefficient (Wildman–Crippen LogP) is 3.55. The van der Waals surface area contributed by atoms with Crippen molar-refractivity contribution in [1.29, 1.82) is 0 Å². The summed E-state index contributed by atoms with van der Waals surface area (Å²) in [5, 5.41) is 5.68. The highest BCUT2D eigenvalue weighted by Gasteiger charge is 2.32. The molecule has 128 valence electrons. The number of para-hydroxylation sites is 1. The zero-order valence-corrected chi connectivity index (χ0v) is 14.9. The second kappa shape index (κ2) is 7.53. The number of amidine groups is 1. The minimum absolute atomic E-state index is 0.109. The Bertz CT molecular complexity index is 834. The molecule has 0 aliphatic carbocycles. The summed E-state index contributed by atoms with van der Waals surface area (Å²) < 4.78 is 0. The van der Waals surface area contributed by atoms with Crippen LogP contribution < -0.4 is 10.6 Å². The number of nitrogens with zero attached hydrogens (tertiary/aromatic N) is 1. The Labute approximate surface area is 150 Å². The molecule has 0 saturated carbocycles. The van der Waals surface area contributed by atoms with E-state index in [1.807, 2.05) is 62.4 Å². The Hall–Kier alpha value is -2.60. The van der Waals surface area contributed by atoms with Gasteiger partial charge in [0.25, 0.3) is 0 Å². The minimum Gasteiger partial charge on any atom is -0.326 e. The molecule has 1 fully saturated rings. The van der Waals surface area contributed by atoms with Crippen molar-refractivity contribution in [1.82, 2.24) is 5.32 Å². The van der Waals surface area contributed by atoms with Crippen LogP contribution in [0.2, 0.25) is 0 Å². The number of aliphatic imine (C=N–C) groups is 1. The molecule has 2 aromatic carbocycles. The van der Waals surface area contributed by atoms with Crippen molar-refractivity contribution < 1.29 is 9.59 Å². The third kappa shape index (κ3) is 4.48. The van der Waals surface area contributed by atoms with E-state index in [-0.39, 0.29) is 18.2 Å². The molecule has 1 aliphatic heterocycles. The predicted molar refractivity (Wildman–Crippen MR) is 102 cm³/mol. The number of anilines is 1. The smallest absolute Gasteiger partial charge is 0.240 e. The minimum atomic E-state index is -0.465. The molecule has 5 nitrogen and oxygen atoms in total. The van der Waals surface area contributed by atoms with Crippen molar-refractivity contribution in [2.24, 2.45) is 4.99 Å². The monoisotopic (exact) mass is 353 g/mol. The maximum Gasteiger partial charge on any atom is 0.240 e. The Morgan fingerprint density at radius 1 is 1.20 bits per heavy atom. The van der Waals surface area contributed by atoms with Gasteiger partial charge < -0.3 is 10.6 Å². The van der Waals surface area contributed by atoms with Gasteiger partial charge in [0.1, 0.15) is 5.25 Å². The molecule has 6 heteroatoms. The van der Waals surface area contributed by atoms with Crippen molar-refractivity contribution in [2.75, 3.05) is 5.32 Å². The molecule has 1 atom stereocenters. The van der Waals surface area contributed by atoms with Gasteiger partial charge in [-0.2, -0.15) is 0 Å². The van der Waals surface area contributed by atoms with Gasteiger partial charge in [-0.1, -0.05) is 47.7 Å². The molecule has 0 unspecified atom stereocenters. The van der Waals surface area contributed by atoms with Crippen molar-refractivity contribution in [3.05, 3.63) is 59.7 Å². The SMILES string of the molecule is Cc1ccc(NC(=O)C[C@@H]2SC(=Nc3ccccc3)NC2=O)c(C)c1. The van der Waals surface area contributed by atoms with E-state index in [0.717, 1.165) is 22.5 Å². The van der Waals surface area contributed by atoms with Crippen LogP contribution in [0.25, 0.3) is 0 Å². The summed E-state index contributed by atoms with van der Waals surface area (Å²) in [6.45, 7) is 3.95. The lowest BCUT2D eigenvalue weighted by Crippen LogP contribution is -2.28. The van der Waals surface area contributed by atoms with Crippen LogP contribution in [0.3, 0.4) is 0 Å². The first-order valence-electron chi connectivity index (χ1n) is 7.99. The summed E-state index contributed by atoms with van der Waals surface area (Å²) in [6, 6.07) is 15.2. The Morgan fingerprint density at radius 2 is 1.96 bits per heavy atom. The number of benzene rings is 2. The molecule has 2 aromatic rings. The van der Waals surface area contributed by atoms with Gasteiger partial charge in [-0.15, -0.1) is 0 Å². The molecule has 0 bridgehead atoms. The second-order valence-corrected chi connectivity index (χ2v) is 7.11.